The van der Waals surface area contributed by atoms with Crippen LogP contribution in [0.1, 0.15) is 200 Å². The Kier molecular flexibility index (Phi) is 35.4. The molecule has 0 heterocycles. The van der Waals surface area contributed by atoms with Crippen molar-refractivity contribution in [3.8, 4) is 0 Å². The second kappa shape index (κ2) is 37.4. The maximum atomic E-state index is 12.8. The first-order valence-corrected chi connectivity index (χ1v) is 25.2. The van der Waals surface area contributed by atoms with Gasteiger partial charge >= 0.3 is 13.8 Å². The fourth-order valence-corrected chi connectivity index (χ4v) is 8.24. The molecule has 59 heavy (non-hydrogen) atoms. The fourth-order valence-electron chi connectivity index (χ4n) is 7.27. The summed E-state index contributed by atoms with van der Waals surface area (Å²) >= 11 is 0. The molecule has 0 radical (unpaired) electrons. The van der Waals surface area contributed by atoms with Gasteiger partial charge in [-0.15, -0.1) is 0 Å². The van der Waals surface area contributed by atoms with E-state index in [1.807, 2.05) is 0 Å². The van der Waals surface area contributed by atoms with Crippen molar-refractivity contribution in [3.63, 3.8) is 0 Å². The molecule has 0 aromatic rings. The number of ether oxygens (including phenoxy) is 2. The van der Waals surface area contributed by atoms with Crippen LogP contribution in [0.5, 0.6) is 0 Å². The number of aliphatic hydroxyl groups is 5. The van der Waals surface area contributed by atoms with E-state index in [1.165, 1.54) is 109 Å². The summed E-state index contributed by atoms with van der Waals surface area (Å²) in [6, 6.07) is 0. The molecule has 1 aliphatic carbocycles. The molecule has 13 heteroatoms. The van der Waals surface area contributed by atoms with Gasteiger partial charge in [0.2, 0.25) is 0 Å². The van der Waals surface area contributed by atoms with E-state index in [4.69, 9.17) is 18.5 Å². The SMILES string of the molecule is CCCCC/C=C\C/C=C\CCCCCCCC(=O)OC(COCCCCCCCCCCCCCCCCCCC)COP(=O)(O)OC1C(O)C(O)C(O)C(O)C1O. The molecule has 0 saturated heterocycles. The quantitative estimate of drug-likeness (QED) is 0.0148. The maximum absolute atomic E-state index is 12.8. The van der Waals surface area contributed by atoms with Crippen molar-refractivity contribution < 1.29 is 58.3 Å². The van der Waals surface area contributed by atoms with E-state index >= 15 is 0 Å². The average molecular weight is 863 g/mol. The maximum Gasteiger partial charge on any atom is 0.472 e. The Morgan fingerprint density at radius 1 is 0.542 bits per heavy atom. The van der Waals surface area contributed by atoms with Crippen molar-refractivity contribution in [2.75, 3.05) is 19.8 Å². The number of allylic oxidation sites excluding steroid dienone is 4. The molecule has 6 N–H and O–H groups in total. The number of hydrogen-bond acceptors (Lipinski definition) is 11. The molecule has 1 fully saturated rings. The average Bonchev–Trinajstić information content (AvgIpc) is 3.22. The number of hydrogen-bond donors (Lipinski definition) is 6. The summed E-state index contributed by atoms with van der Waals surface area (Å²) in [4.78, 5) is 23.1. The van der Waals surface area contributed by atoms with Gasteiger partial charge in [0.1, 0.15) is 42.7 Å². The second-order valence-corrected chi connectivity index (χ2v) is 18.0. The van der Waals surface area contributed by atoms with Crippen LogP contribution in [0.3, 0.4) is 0 Å². The third-order valence-corrected chi connectivity index (χ3v) is 12.1. The van der Waals surface area contributed by atoms with Crippen molar-refractivity contribution >= 4 is 13.8 Å². The van der Waals surface area contributed by atoms with E-state index in [0.717, 1.165) is 64.2 Å². The summed E-state index contributed by atoms with van der Waals surface area (Å²) in [6.07, 6.45) is 29.6. The molecule has 0 bridgehead atoms. The van der Waals surface area contributed by atoms with Gasteiger partial charge in [0, 0.05) is 13.0 Å². The largest absolute Gasteiger partial charge is 0.472 e. The lowest BCUT2D eigenvalue weighted by Crippen LogP contribution is -2.64. The lowest BCUT2D eigenvalue weighted by atomic mass is 9.85. The first-order chi connectivity index (χ1) is 28.5. The summed E-state index contributed by atoms with van der Waals surface area (Å²) in [6.45, 7) is 4.24. The van der Waals surface area contributed by atoms with Crippen molar-refractivity contribution in [3.05, 3.63) is 24.3 Å². The molecule has 0 aromatic carbocycles. The van der Waals surface area contributed by atoms with Gasteiger partial charge in [0.05, 0.1) is 13.2 Å². The number of phosphoric ester groups is 1. The first kappa shape index (κ1) is 55.8. The molecule has 6 unspecified atom stereocenters. The van der Waals surface area contributed by atoms with Crippen molar-refractivity contribution in [1.82, 2.24) is 0 Å². The first-order valence-electron chi connectivity index (χ1n) is 23.7. The smallest absolute Gasteiger partial charge is 0.457 e. The van der Waals surface area contributed by atoms with E-state index in [1.54, 1.807) is 0 Å². The van der Waals surface area contributed by atoms with Gasteiger partial charge in [-0.1, -0.05) is 173 Å². The third-order valence-electron chi connectivity index (χ3n) is 11.1. The molecule has 348 valence electrons. The van der Waals surface area contributed by atoms with Crippen molar-refractivity contribution in [2.24, 2.45) is 0 Å². The number of carbonyl (C=O) groups excluding carboxylic acids is 1. The standard InChI is InChI=1S/C46H87O12P/c1-3-5-7-9-11-13-15-17-19-20-22-24-26-28-30-32-34-36-55-37-39(38-56-59(53,54)58-46-44(51)42(49)41(48)43(50)45(46)52)57-40(47)35-33-31-29-27-25-23-21-18-16-14-12-10-8-6-4-2/h12,14,18,21,39,41-46,48-52H,3-11,13,15-17,19-20,22-38H2,1-2H3,(H,53,54)/b14-12-,21-18-. The predicted molar refractivity (Wildman–Crippen MR) is 235 cm³/mol. The van der Waals surface area contributed by atoms with Gasteiger partial charge in [0.15, 0.2) is 0 Å². The molecule has 1 rings (SSSR count). The minimum absolute atomic E-state index is 0.0783. The molecule has 0 aromatic heterocycles. The van der Waals surface area contributed by atoms with Crippen molar-refractivity contribution in [1.29, 1.82) is 0 Å². The van der Waals surface area contributed by atoms with Crippen LogP contribution in [0.25, 0.3) is 0 Å². The van der Waals surface area contributed by atoms with Crippen LogP contribution < -0.4 is 0 Å². The molecule has 1 aliphatic rings. The normalized spacial score (nSPS) is 22.6. The van der Waals surface area contributed by atoms with E-state index in [2.05, 4.69) is 38.2 Å². The Morgan fingerprint density at radius 2 is 0.949 bits per heavy atom. The number of carbonyl (C=O) groups is 1. The number of unbranched alkanes of at least 4 members (excludes halogenated alkanes) is 24. The zero-order valence-corrected chi connectivity index (χ0v) is 38.0. The van der Waals surface area contributed by atoms with Gasteiger partial charge in [-0.3, -0.25) is 13.8 Å². The van der Waals surface area contributed by atoms with E-state index in [9.17, 15) is 39.8 Å². The highest BCUT2D eigenvalue weighted by atomic mass is 31.2. The second-order valence-electron chi connectivity index (χ2n) is 16.6. The lowest BCUT2D eigenvalue weighted by molar-refractivity contribution is -0.220. The lowest BCUT2D eigenvalue weighted by Gasteiger charge is -2.41. The summed E-state index contributed by atoms with van der Waals surface area (Å²) in [7, 11) is -5.02. The molecular formula is C46H87O12P. The highest BCUT2D eigenvalue weighted by Gasteiger charge is 2.51. The summed E-state index contributed by atoms with van der Waals surface area (Å²) in [5.74, 6) is -0.488. The van der Waals surface area contributed by atoms with Gasteiger partial charge in [-0.2, -0.15) is 0 Å². The summed E-state index contributed by atoms with van der Waals surface area (Å²) in [5, 5.41) is 50.2. The summed E-state index contributed by atoms with van der Waals surface area (Å²) < 4.78 is 34.2. The van der Waals surface area contributed by atoms with Crippen LogP contribution in [0.2, 0.25) is 0 Å². The van der Waals surface area contributed by atoms with E-state index in [-0.39, 0.29) is 13.0 Å². The van der Waals surface area contributed by atoms with Gasteiger partial charge in [-0.25, -0.2) is 4.57 Å². The Morgan fingerprint density at radius 3 is 1.46 bits per heavy atom. The molecule has 0 spiro atoms. The van der Waals surface area contributed by atoms with Crippen LogP contribution >= 0.6 is 7.82 Å². The Balaban J connectivity index is 2.39. The molecule has 12 nitrogen and oxygen atoms in total. The van der Waals surface area contributed by atoms with E-state index in [0.29, 0.717) is 13.0 Å². The highest BCUT2D eigenvalue weighted by molar-refractivity contribution is 7.47. The van der Waals surface area contributed by atoms with Gasteiger partial charge < -0.3 is 39.9 Å². The number of rotatable bonds is 40. The highest BCUT2D eigenvalue weighted by Crippen LogP contribution is 2.47. The van der Waals surface area contributed by atoms with Crippen LogP contribution in [-0.2, 0) is 27.9 Å². The number of phosphoric acid groups is 1. The predicted octanol–water partition coefficient (Wildman–Crippen LogP) is 9.70. The molecule has 0 amide bonds. The molecule has 6 atom stereocenters. The fraction of sp³-hybridized carbons (Fsp3) is 0.891. The van der Waals surface area contributed by atoms with Crippen LogP contribution in [0.4, 0.5) is 0 Å². The summed E-state index contributed by atoms with van der Waals surface area (Å²) in [5.41, 5.74) is 0. The molecular weight excluding hydrogens is 775 g/mol. The van der Waals surface area contributed by atoms with Gasteiger partial charge in [-0.05, 0) is 44.9 Å². The topological polar surface area (TPSA) is 192 Å². The zero-order chi connectivity index (χ0) is 43.4. The van der Waals surface area contributed by atoms with Crippen LogP contribution in [-0.4, -0.2) is 98.9 Å². The molecule has 1 saturated carbocycles. The monoisotopic (exact) mass is 863 g/mol. The minimum atomic E-state index is -5.02. The Hall–Kier alpha value is -1.18. The minimum Gasteiger partial charge on any atom is -0.457 e. The number of esters is 1. The third kappa shape index (κ3) is 29.7. The van der Waals surface area contributed by atoms with Crippen molar-refractivity contribution in [2.45, 2.75) is 243 Å². The Labute approximate surface area is 358 Å². The van der Waals surface area contributed by atoms with Crippen LogP contribution in [0.15, 0.2) is 24.3 Å². The van der Waals surface area contributed by atoms with Gasteiger partial charge in [0.25, 0.3) is 0 Å². The Bertz CT molecular complexity index is 1070. The van der Waals surface area contributed by atoms with Crippen LogP contribution in [0, 0.1) is 0 Å². The zero-order valence-electron chi connectivity index (χ0n) is 37.1. The molecule has 0 aliphatic heterocycles. The number of aliphatic hydroxyl groups excluding tert-OH is 5. The van der Waals surface area contributed by atoms with E-state index < -0.39 is 63.1 Å².